The number of hydrogen-bond acceptors (Lipinski definition) is 7. The highest BCUT2D eigenvalue weighted by Crippen LogP contribution is 2.49. The monoisotopic (exact) mass is 413 g/mol. The molecule has 0 spiro atoms. The Hall–Kier alpha value is -3.12. The second-order valence-corrected chi connectivity index (χ2v) is 8.73. The molecular formula is C20H19N3O5S. The fraction of sp³-hybridized carbons (Fsp3) is 0.350. The zero-order valence-electron chi connectivity index (χ0n) is 15.9. The second kappa shape index (κ2) is 7.72. The summed E-state index contributed by atoms with van der Waals surface area (Å²) in [6.45, 7) is 3.90. The number of nitrogens with one attached hydrogen (secondary N) is 1. The van der Waals surface area contributed by atoms with Gasteiger partial charge in [0, 0.05) is 29.3 Å². The number of carbonyl (C=O) groups is 2. The van der Waals surface area contributed by atoms with Gasteiger partial charge in [0.15, 0.2) is 5.78 Å². The van der Waals surface area contributed by atoms with Crippen molar-refractivity contribution in [3.05, 3.63) is 61.8 Å². The summed E-state index contributed by atoms with van der Waals surface area (Å²) in [5, 5.41) is 33.9. The average molecular weight is 413 g/mol. The first-order chi connectivity index (χ1) is 13.6. The number of carbonyl (C=O) groups excluding carboxylic acids is 1. The SMILES string of the molecule is CC1(C)CC(=O)C2=C(C1)NC(SCC(=O)O)=C(C#N)[C@@H]2c1ccccc1[N+](=O)[O-]. The Balaban J connectivity index is 2.24. The number of aliphatic carboxylic acids is 1. The number of dihydropyridines is 1. The first-order valence-electron chi connectivity index (χ1n) is 8.90. The molecule has 1 aromatic carbocycles. The fourth-order valence-electron chi connectivity index (χ4n) is 3.83. The van der Waals surface area contributed by atoms with Crippen LogP contribution in [-0.4, -0.2) is 27.5 Å². The van der Waals surface area contributed by atoms with Crippen LogP contribution in [0.1, 0.15) is 38.2 Å². The number of carboxylic acid groups (broad SMARTS) is 1. The lowest BCUT2D eigenvalue weighted by molar-refractivity contribution is -0.385. The molecule has 1 aliphatic carbocycles. The van der Waals surface area contributed by atoms with Crippen molar-refractivity contribution in [2.45, 2.75) is 32.6 Å². The maximum atomic E-state index is 13.0. The zero-order valence-corrected chi connectivity index (χ0v) is 16.7. The van der Waals surface area contributed by atoms with Crippen LogP contribution in [0.2, 0.25) is 0 Å². The van der Waals surface area contributed by atoms with Gasteiger partial charge in [0.05, 0.1) is 33.3 Å². The standard InChI is InChI=1S/C20H19N3O5S/c1-20(2)7-13-18(15(24)8-20)17(11-5-3-4-6-14(11)23(27)28)12(9-21)19(22-13)29-10-16(25)26/h3-6,17,22H,7-8,10H2,1-2H3,(H,25,26)/t17-/m0/s1. The van der Waals surface area contributed by atoms with Gasteiger partial charge in [0.1, 0.15) is 0 Å². The number of nitro benzene ring substituents is 1. The summed E-state index contributed by atoms with van der Waals surface area (Å²) in [7, 11) is 0. The third-order valence-electron chi connectivity index (χ3n) is 4.91. The van der Waals surface area contributed by atoms with Gasteiger partial charge in [-0.05, 0) is 11.8 Å². The lowest BCUT2D eigenvalue weighted by Crippen LogP contribution is -2.37. The zero-order chi connectivity index (χ0) is 21.3. The minimum Gasteiger partial charge on any atom is -0.481 e. The summed E-state index contributed by atoms with van der Waals surface area (Å²) in [6.07, 6.45) is 0.780. The number of para-hydroxylation sites is 1. The molecule has 9 heteroatoms. The summed E-state index contributed by atoms with van der Waals surface area (Å²) in [4.78, 5) is 35.2. The third-order valence-corrected chi connectivity index (χ3v) is 5.91. The molecule has 8 nitrogen and oxygen atoms in total. The molecular weight excluding hydrogens is 394 g/mol. The van der Waals surface area contributed by atoms with E-state index < -0.39 is 16.8 Å². The van der Waals surface area contributed by atoms with Crippen molar-refractivity contribution in [1.29, 1.82) is 5.26 Å². The summed E-state index contributed by atoms with van der Waals surface area (Å²) in [6, 6.07) is 8.10. The molecule has 2 N–H and O–H groups in total. The number of benzene rings is 1. The van der Waals surface area contributed by atoms with Crippen molar-refractivity contribution in [2.24, 2.45) is 5.41 Å². The molecule has 1 heterocycles. The van der Waals surface area contributed by atoms with Crippen LogP contribution in [0.4, 0.5) is 5.69 Å². The molecule has 2 aliphatic rings. The molecule has 1 atom stereocenters. The van der Waals surface area contributed by atoms with Crippen molar-refractivity contribution < 1.29 is 19.6 Å². The molecule has 0 bridgehead atoms. The van der Waals surface area contributed by atoms with Crippen molar-refractivity contribution in [1.82, 2.24) is 5.32 Å². The first kappa shape index (κ1) is 20.6. The fourth-order valence-corrected chi connectivity index (χ4v) is 4.62. The van der Waals surface area contributed by atoms with E-state index in [4.69, 9.17) is 5.11 Å². The van der Waals surface area contributed by atoms with Crippen molar-refractivity contribution in [3.63, 3.8) is 0 Å². The molecule has 0 amide bonds. The molecule has 1 aromatic rings. The van der Waals surface area contributed by atoms with Crippen LogP contribution >= 0.6 is 11.8 Å². The average Bonchev–Trinajstić information content (AvgIpc) is 2.64. The Morgan fingerprint density at radius 3 is 2.72 bits per heavy atom. The van der Waals surface area contributed by atoms with Crippen LogP contribution in [-0.2, 0) is 9.59 Å². The van der Waals surface area contributed by atoms with Crippen LogP contribution in [0.25, 0.3) is 0 Å². The number of hydrogen-bond donors (Lipinski definition) is 2. The van der Waals surface area contributed by atoms with Crippen LogP contribution < -0.4 is 5.32 Å². The van der Waals surface area contributed by atoms with Gasteiger partial charge in [-0.2, -0.15) is 5.26 Å². The molecule has 0 radical (unpaired) electrons. The predicted octanol–water partition coefficient (Wildman–Crippen LogP) is 3.48. The van der Waals surface area contributed by atoms with Crippen molar-refractivity contribution in [2.75, 3.05) is 5.75 Å². The normalized spacial score (nSPS) is 20.6. The molecule has 0 fully saturated rings. The Labute approximate surface area is 171 Å². The number of allylic oxidation sites excluding steroid dienone is 3. The van der Waals surface area contributed by atoms with E-state index in [2.05, 4.69) is 11.4 Å². The van der Waals surface area contributed by atoms with E-state index >= 15 is 0 Å². The number of nitro groups is 1. The number of thioether (sulfide) groups is 1. The Morgan fingerprint density at radius 2 is 2.10 bits per heavy atom. The van der Waals surface area contributed by atoms with Gasteiger partial charge in [0.2, 0.25) is 0 Å². The summed E-state index contributed by atoms with van der Waals surface area (Å²) in [5.41, 5.74) is 0.834. The molecule has 29 heavy (non-hydrogen) atoms. The van der Waals surface area contributed by atoms with Crippen LogP contribution in [0.5, 0.6) is 0 Å². The van der Waals surface area contributed by atoms with E-state index in [1.807, 2.05) is 13.8 Å². The topological polar surface area (TPSA) is 133 Å². The van der Waals surface area contributed by atoms with Crippen LogP contribution in [0, 0.1) is 26.9 Å². The molecule has 0 saturated heterocycles. The summed E-state index contributed by atoms with van der Waals surface area (Å²) < 4.78 is 0. The Bertz CT molecular complexity index is 1020. The second-order valence-electron chi connectivity index (χ2n) is 7.74. The number of nitriles is 1. The van der Waals surface area contributed by atoms with E-state index in [0.29, 0.717) is 22.7 Å². The lowest BCUT2D eigenvalue weighted by Gasteiger charge is -2.38. The van der Waals surface area contributed by atoms with Crippen LogP contribution in [0.15, 0.2) is 46.1 Å². The Morgan fingerprint density at radius 1 is 1.41 bits per heavy atom. The smallest absolute Gasteiger partial charge is 0.313 e. The quantitative estimate of drug-likeness (QED) is 0.554. The lowest BCUT2D eigenvalue weighted by atomic mass is 9.69. The number of nitrogens with zero attached hydrogens (tertiary/aromatic N) is 2. The molecule has 0 aromatic heterocycles. The largest absolute Gasteiger partial charge is 0.481 e. The van der Waals surface area contributed by atoms with Crippen molar-refractivity contribution >= 4 is 29.2 Å². The number of ketones is 1. The highest BCUT2D eigenvalue weighted by atomic mass is 32.2. The third kappa shape index (κ3) is 4.03. The Kier molecular flexibility index (Phi) is 5.48. The minimum atomic E-state index is -1.05. The van der Waals surface area contributed by atoms with E-state index in [0.717, 1.165) is 11.8 Å². The summed E-state index contributed by atoms with van der Waals surface area (Å²) >= 11 is 0.939. The molecule has 150 valence electrons. The van der Waals surface area contributed by atoms with Gasteiger partial charge in [0.25, 0.3) is 5.69 Å². The van der Waals surface area contributed by atoms with E-state index in [-0.39, 0.29) is 40.2 Å². The molecule has 0 unspecified atom stereocenters. The van der Waals surface area contributed by atoms with E-state index in [9.17, 15) is 25.0 Å². The highest BCUT2D eigenvalue weighted by Gasteiger charge is 2.43. The molecule has 0 saturated carbocycles. The van der Waals surface area contributed by atoms with Gasteiger partial charge in [-0.15, -0.1) is 0 Å². The highest BCUT2D eigenvalue weighted by molar-refractivity contribution is 8.03. The molecule has 1 aliphatic heterocycles. The van der Waals surface area contributed by atoms with Gasteiger partial charge in [-0.1, -0.05) is 43.8 Å². The van der Waals surface area contributed by atoms with E-state index in [1.54, 1.807) is 12.1 Å². The number of Topliss-reactive ketones (excluding diaryl/α,β-unsaturated/α-hetero) is 1. The number of carboxylic acids is 1. The van der Waals surface area contributed by atoms with Crippen LogP contribution in [0.3, 0.4) is 0 Å². The van der Waals surface area contributed by atoms with Gasteiger partial charge < -0.3 is 10.4 Å². The first-order valence-corrected chi connectivity index (χ1v) is 9.88. The van der Waals surface area contributed by atoms with Crippen molar-refractivity contribution in [3.8, 4) is 6.07 Å². The van der Waals surface area contributed by atoms with Gasteiger partial charge in [-0.3, -0.25) is 19.7 Å². The number of rotatable bonds is 5. The minimum absolute atomic E-state index is 0.123. The molecule has 3 rings (SSSR count). The van der Waals surface area contributed by atoms with Gasteiger partial charge in [-0.25, -0.2) is 0 Å². The predicted molar refractivity (Wildman–Crippen MR) is 107 cm³/mol. The summed E-state index contributed by atoms with van der Waals surface area (Å²) in [5.74, 6) is -2.40. The maximum absolute atomic E-state index is 13.0. The van der Waals surface area contributed by atoms with E-state index in [1.165, 1.54) is 12.1 Å². The van der Waals surface area contributed by atoms with Gasteiger partial charge >= 0.3 is 5.97 Å². The maximum Gasteiger partial charge on any atom is 0.313 e.